The van der Waals surface area contributed by atoms with Gasteiger partial charge >= 0.3 is 0 Å². The molecule has 4 rings (SSSR count). The van der Waals surface area contributed by atoms with Gasteiger partial charge in [0.15, 0.2) is 0 Å². The number of H-pyrrole nitrogens is 1. The van der Waals surface area contributed by atoms with Crippen molar-refractivity contribution in [2.75, 3.05) is 0 Å². The molecular formula is C20H20N6. The molecule has 0 saturated heterocycles. The van der Waals surface area contributed by atoms with Crippen molar-refractivity contribution in [1.82, 2.24) is 30.3 Å². The van der Waals surface area contributed by atoms with E-state index in [1.807, 2.05) is 41.5 Å². The maximum Gasteiger partial charge on any atom is 0.0710 e. The molecule has 4 aromatic rings. The molecule has 0 spiro atoms. The lowest BCUT2D eigenvalue weighted by molar-refractivity contribution is 0.656. The minimum absolute atomic E-state index is 0.733. The molecular weight excluding hydrogens is 324 g/mol. The first-order chi connectivity index (χ1) is 12.9. The molecule has 130 valence electrons. The smallest absolute Gasteiger partial charge is 0.0710 e. The molecule has 0 fully saturated rings. The van der Waals surface area contributed by atoms with Crippen LogP contribution in [0.3, 0.4) is 0 Å². The highest BCUT2D eigenvalue weighted by atomic mass is 15.3. The van der Waals surface area contributed by atoms with Crippen LogP contribution in [-0.2, 0) is 19.6 Å². The van der Waals surface area contributed by atoms with Crippen LogP contribution in [0.1, 0.15) is 16.7 Å². The molecule has 0 atom stereocenters. The Hall–Kier alpha value is -3.25. The van der Waals surface area contributed by atoms with Crippen molar-refractivity contribution < 1.29 is 0 Å². The molecule has 2 N–H and O–H groups in total. The van der Waals surface area contributed by atoms with E-state index in [1.54, 1.807) is 12.4 Å². The molecule has 6 nitrogen and oxygen atoms in total. The number of nitrogens with one attached hydrogen (secondary N) is 2. The Morgan fingerprint density at radius 2 is 1.77 bits per heavy atom. The standard InChI is InChI=1S/C20H20N6/c1-2-6-18(15-26-10-4-9-24-26)16(5-1)11-22-13-19-14-23-25-20(19)17-7-3-8-21-12-17/h1-10,12,14,22H,11,13,15H2,(H,23,25). The number of nitrogens with zero attached hydrogens (tertiary/aromatic N) is 4. The summed E-state index contributed by atoms with van der Waals surface area (Å²) in [6, 6.07) is 14.4. The number of aromatic nitrogens is 5. The zero-order valence-electron chi connectivity index (χ0n) is 14.3. The van der Waals surface area contributed by atoms with Gasteiger partial charge in [0.05, 0.1) is 18.4 Å². The van der Waals surface area contributed by atoms with Gasteiger partial charge in [-0.3, -0.25) is 14.8 Å². The quantitative estimate of drug-likeness (QED) is 0.541. The van der Waals surface area contributed by atoms with E-state index in [0.29, 0.717) is 0 Å². The van der Waals surface area contributed by atoms with Crippen LogP contribution in [0.2, 0.25) is 0 Å². The van der Waals surface area contributed by atoms with Crippen molar-refractivity contribution in [3.63, 3.8) is 0 Å². The van der Waals surface area contributed by atoms with Gasteiger partial charge in [-0.15, -0.1) is 0 Å². The molecule has 0 radical (unpaired) electrons. The first kappa shape index (κ1) is 16.2. The fraction of sp³-hybridized carbons (Fsp3) is 0.150. The number of rotatable bonds is 7. The van der Waals surface area contributed by atoms with Crippen LogP contribution in [-0.4, -0.2) is 25.0 Å². The molecule has 0 aliphatic carbocycles. The van der Waals surface area contributed by atoms with Gasteiger partial charge in [-0.05, 0) is 29.3 Å². The van der Waals surface area contributed by atoms with Gasteiger partial charge in [0, 0.05) is 49.0 Å². The molecule has 0 bridgehead atoms. The van der Waals surface area contributed by atoms with Crippen molar-refractivity contribution in [3.8, 4) is 11.3 Å². The van der Waals surface area contributed by atoms with Crippen molar-refractivity contribution in [2.45, 2.75) is 19.6 Å². The second-order valence-corrected chi connectivity index (χ2v) is 6.09. The van der Waals surface area contributed by atoms with E-state index in [-0.39, 0.29) is 0 Å². The molecule has 0 unspecified atom stereocenters. The van der Waals surface area contributed by atoms with Crippen molar-refractivity contribution in [2.24, 2.45) is 0 Å². The van der Waals surface area contributed by atoms with Gasteiger partial charge in [-0.25, -0.2) is 0 Å². The zero-order valence-corrected chi connectivity index (χ0v) is 14.3. The largest absolute Gasteiger partial charge is 0.308 e. The predicted molar refractivity (Wildman–Crippen MR) is 100 cm³/mol. The summed E-state index contributed by atoms with van der Waals surface area (Å²) in [4.78, 5) is 4.18. The number of aromatic amines is 1. The second kappa shape index (κ2) is 7.76. The van der Waals surface area contributed by atoms with Gasteiger partial charge in [0.2, 0.25) is 0 Å². The summed E-state index contributed by atoms with van der Waals surface area (Å²) in [7, 11) is 0. The molecule has 0 amide bonds. The average molecular weight is 344 g/mol. The molecule has 0 aliphatic rings. The predicted octanol–water partition coefficient (Wildman–Crippen LogP) is 3.01. The van der Waals surface area contributed by atoms with Crippen LogP contribution >= 0.6 is 0 Å². The summed E-state index contributed by atoms with van der Waals surface area (Å²) in [6.45, 7) is 2.30. The number of hydrogen-bond acceptors (Lipinski definition) is 4. The molecule has 3 heterocycles. The molecule has 6 heteroatoms. The van der Waals surface area contributed by atoms with Gasteiger partial charge in [-0.1, -0.05) is 24.3 Å². The molecule has 0 aliphatic heterocycles. The highest BCUT2D eigenvalue weighted by Crippen LogP contribution is 2.19. The maximum atomic E-state index is 4.30. The minimum atomic E-state index is 0.733. The van der Waals surface area contributed by atoms with Gasteiger partial charge in [-0.2, -0.15) is 10.2 Å². The number of benzene rings is 1. The van der Waals surface area contributed by atoms with Gasteiger partial charge in [0.25, 0.3) is 0 Å². The summed E-state index contributed by atoms with van der Waals surface area (Å²) < 4.78 is 1.94. The van der Waals surface area contributed by atoms with E-state index in [1.165, 1.54) is 11.1 Å². The molecule has 0 saturated carbocycles. The first-order valence-corrected chi connectivity index (χ1v) is 8.58. The summed E-state index contributed by atoms with van der Waals surface area (Å²) in [6.07, 6.45) is 9.27. The Morgan fingerprint density at radius 1 is 0.885 bits per heavy atom. The summed E-state index contributed by atoms with van der Waals surface area (Å²) in [5.41, 5.74) is 5.72. The SMILES string of the molecule is c1cncc(-c2[nH]ncc2CNCc2ccccc2Cn2cccn2)c1. The highest BCUT2D eigenvalue weighted by Gasteiger charge is 2.08. The Balaban J connectivity index is 1.43. The van der Waals surface area contributed by atoms with Gasteiger partial charge < -0.3 is 5.32 Å². The summed E-state index contributed by atoms with van der Waals surface area (Å²) in [5, 5.41) is 15.1. The Morgan fingerprint density at radius 3 is 2.58 bits per heavy atom. The van der Waals surface area contributed by atoms with Crippen LogP contribution < -0.4 is 5.32 Å². The Bertz CT molecular complexity index is 943. The van der Waals surface area contributed by atoms with Crippen molar-refractivity contribution in [1.29, 1.82) is 0 Å². The van der Waals surface area contributed by atoms with Crippen LogP contribution in [0.15, 0.2) is 73.4 Å². The fourth-order valence-corrected chi connectivity index (χ4v) is 2.99. The summed E-state index contributed by atoms with van der Waals surface area (Å²) in [5.74, 6) is 0. The van der Waals surface area contributed by atoms with E-state index in [2.05, 4.69) is 49.9 Å². The lowest BCUT2D eigenvalue weighted by atomic mass is 10.1. The van der Waals surface area contributed by atoms with Crippen LogP contribution in [0, 0.1) is 0 Å². The second-order valence-electron chi connectivity index (χ2n) is 6.09. The highest BCUT2D eigenvalue weighted by molar-refractivity contribution is 5.61. The van der Waals surface area contributed by atoms with Crippen LogP contribution in [0.25, 0.3) is 11.3 Å². The average Bonchev–Trinajstić information content (AvgIpc) is 3.36. The van der Waals surface area contributed by atoms with E-state index in [4.69, 9.17) is 0 Å². The minimum Gasteiger partial charge on any atom is -0.308 e. The monoisotopic (exact) mass is 344 g/mol. The number of pyridine rings is 1. The fourth-order valence-electron chi connectivity index (χ4n) is 2.99. The van der Waals surface area contributed by atoms with E-state index in [0.717, 1.165) is 36.5 Å². The third-order valence-corrected chi connectivity index (χ3v) is 4.31. The molecule has 1 aromatic carbocycles. The first-order valence-electron chi connectivity index (χ1n) is 8.58. The molecule has 26 heavy (non-hydrogen) atoms. The normalized spacial score (nSPS) is 10.9. The topological polar surface area (TPSA) is 71.4 Å². The van der Waals surface area contributed by atoms with E-state index in [9.17, 15) is 0 Å². The van der Waals surface area contributed by atoms with Crippen LogP contribution in [0.5, 0.6) is 0 Å². The zero-order chi connectivity index (χ0) is 17.6. The molecule has 3 aromatic heterocycles. The lowest BCUT2D eigenvalue weighted by Gasteiger charge is -2.11. The maximum absolute atomic E-state index is 4.30. The van der Waals surface area contributed by atoms with E-state index >= 15 is 0 Å². The summed E-state index contributed by atoms with van der Waals surface area (Å²) >= 11 is 0. The third kappa shape index (κ3) is 3.70. The van der Waals surface area contributed by atoms with Gasteiger partial charge in [0.1, 0.15) is 0 Å². The number of hydrogen-bond donors (Lipinski definition) is 2. The van der Waals surface area contributed by atoms with Crippen molar-refractivity contribution >= 4 is 0 Å². The van der Waals surface area contributed by atoms with E-state index < -0.39 is 0 Å². The Kier molecular flexibility index (Phi) is 4.84. The third-order valence-electron chi connectivity index (χ3n) is 4.31. The van der Waals surface area contributed by atoms with Crippen molar-refractivity contribution in [3.05, 3.63) is 90.1 Å². The van der Waals surface area contributed by atoms with Crippen LogP contribution in [0.4, 0.5) is 0 Å². The Labute approximate surface area is 151 Å². The lowest BCUT2D eigenvalue weighted by Crippen LogP contribution is -2.15.